The molecule has 0 radical (unpaired) electrons. The number of fused-ring (bicyclic) bond motifs is 1. The smallest absolute Gasteiger partial charge is 0.324 e. The van der Waals surface area contributed by atoms with Crippen LogP contribution in [0.15, 0.2) is 12.2 Å². The van der Waals surface area contributed by atoms with Gasteiger partial charge in [-0.1, -0.05) is 39.8 Å². The first-order valence-electron chi connectivity index (χ1n) is 14.1. The van der Waals surface area contributed by atoms with Crippen molar-refractivity contribution in [3.63, 3.8) is 0 Å². The van der Waals surface area contributed by atoms with Crippen LogP contribution in [0.4, 0.5) is 0 Å². The van der Waals surface area contributed by atoms with Crippen molar-refractivity contribution in [2.45, 2.75) is 52.6 Å². The quantitative estimate of drug-likeness (QED) is 0.210. The molecule has 4 aliphatic carbocycles. The number of ether oxygens (including phenoxy) is 2. The highest BCUT2D eigenvalue weighted by Crippen LogP contribution is 2.68. The summed E-state index contributed by atoms with van der Waals surface area (Å²) in [6.07, 6.45) is 4.59. The summed E-state index contributed by atoms with van der Waals surface area (Å²) in [4.78, 5) is 80.0. The van der Waals surface area contributed by atoms with Gasteiger partial charge in [0, 0.05) is 0 Å². The molecular weight excluding hydrogens is 520 g/mol. The van der Waals surface area contributed by atoms with Gasteiger partial charge in [0.25, 0.3) is 0 Å². The van der Waals surface area contributed by atoms with Crippen LogP contribution < -0.4 is 11.5 Å². The lowest BCUT2D eigenvalue weighted by atomic mass is 9.40. The molecule has 12 heteroatoms. The van der Waals surface area contributed by atoms with Crippen LogP contribution in [-0.2, 0) is 38.2 Å². The van der Waals surface area contributed by atoms with Crippen molar-refractivity contribution in [1.82, 2.24) is 9.80 Å². The molecule has 0 aromatic heterocycles. The Labute approximate surface area is 232 Å². The third-order valence-corrected chi connectivity index (χ3v) is 9.25. The number of likely N-dealkylation sites (tertiary alicyclic amines) is 2. The molecule has 0 aromatic carbocycles. The molecule has 4 amide bonds. The first kappa shape index (κ1) is 28.4. The maximum absolute atomic E-state index is 13.4. The minimum absolute atomic E-state index is 0.174. The van der Waals surface area contributed by atoms with Crippen molar-refractivity contribution in [2.75, 3.05) is 13.5 Å². The number of amides is 4. The molecular formula is C28H38N4O8. The van der Waals surface area contributed by atoms with Crippen LogP contribution in [0.2, 0.25) is 0 Å². The Bertz CT molecular complexity index is 1110. The molecule has 40 heavy (non-hydrogen) atoms. The van der Waals surface area contributed by atoms with Crippen molar-refractivity contribution in [2.24, 2.45) is 70.6 Å². The molecule has 218 valence electrons. The molecule has 2 aliphatic heterocycles. The molecule has 2 saturated heterocycles. The number of carbonyl (C=O) groups excluding carboxylic acids is 6. The van der Waals surface area contributed by atoms with Crippen molar-refractivity contribution in [3.8, 4) is 0 Å². The molecule has 2 heterocycles. The number of carbonyl (C=O) groups is 6. The molecule has 4 N–H and O–H groups in total. The van der Waals surface area contributed by atoms with Crippen LogP contribution in [0.1, 0.15) is 40.5 Å². The van der Waals surface area contributed by atoms with Crippen LogP contribution in [0.3, 0.4) is 0 Å². The third-order valence-electron chi connectivity index (χ3n) is 9.25. The fourth-order valence-corrected chi connectivity index (χ4v) is 7.66. The second kappa shape index (κ2) is 10.4. The Balaban J connectivity index is 1.26. The van der Waals surface area contributed by atoms with Gasteiger partial charge in [-0.05, 0) is 48.3 Å². The van der Waals surface area contributed by atoms with Gasteiger partial charge < -0.3 is 20.9 Å². The van der Waals surface area contributed by atoms with E-state index in [-0.39, 0.29) is 23.7 Å². The molecule has 4 fully saturated rings. The average molecular weight is 559 g/mol. The zero-order valence-electron chi connectivity index (χ0n) is 23.2. The van der Waals surface area contributed by atoms with Gasteiger partial charge in [0.15, 0.2) is 13.5 Å². The summed E-state index contributed by atoms with van der Waals surface area (Å²) in [5.41, 5.74) is 11.7. The monoisotopic (exact) mass is 558 g/mol. The normalized spacial score (nSPS) is 35.1. The summed E-state index contributed by atoms with van der Waals surface area (Å²) in [6, 6.07) is -1.70. The highest BCUT2D eigenvalue weighted by molar-refractivity contribution is 6.09. The van der Waals surface area contributed by atoms with Crippen LogP contribution in [0, 0.1) is 59.2 Å². The predicted molar refractivity (Wildman–Crippen MR) is 138 cm³/mol. The molecule has 6 rings (SSSR count). The number of nitrogens with zero attached hydrogens (tertiary/aromatic N) is 2. The Morgan fingerprint density at radius 2 is 1.00 bits per heavy atom. The van der Waals surface area contributed by atoms with Crippen molar-refractivity contribution >= 4 is 35.6 Å². The maximum atomic E-state index is 13.4. The zero-order valence-corrected chi connectivity index (χ0v) is 23.2. The Hall–Kier alpha value is -3.12. The van der Waals surface area contributed by atoms with E-state index in [1.807, 2.05) is 39.8 Å². The summed E-state index contributed by atoms with van der Waals surface area (Å²) in [7, 11) is 0. The van der Waals surface area contributed by atoms with E-state index in [1.165, 1.54) is 0 Å². The van der Waals surface area contributed by atoms with E-state index >= 15 is 0 Å². The van der Waals surface area contributed by atoms with E-state index in [0.29, 0.717) is 12.8 Å². The van der Waals surface area contributed by atoms with Gasteiger partial charge in [0.05, 0.1) is 23.7 Å². The highest BCUT2D eigenvalue weighted by Gasteiger charge is 2.75. The van der Waals surface area contributed by atoms with Crippen molar-refractivity contribution in [3.05, 3.63) is 12.2 Å². The number of hydrogen-bond donors (Lipinski definition) is 2. The van der Waals surface area contributed by atoms with Crippen LogP contribution >= 0.6 is 0 Å². The number of rotatable bonds is 10. The minimum Gasteiger partial charge on any atom is -0.443 e. The molecule has 6 aliphatic rings. The Kier molecular flexibility index (Phi) is 7.37. The summed E-state index contributed by atoms with van der Waals surface area (Å²) in [5, 5.41) is 0. The van der Waals surface area contributed by atoms with Crippen molar-refractivity contribution in [1.29, 1.82) is 0 Å². The van der Waals surface area contributed by atoms with Gasteiger partial charge in [0.1, 0.15) is 12.1 Å². The molecule has 12 nitrogen and oxygen atoms in total. The van der Waals surface area contributed by atoms with Gasteiger partial charge >= 0.3 is 11.9 Å². The van der Waals surface area contributed by atoms with E-state index in [0.717, 1.165) is 9.80 Å². The largest absolute Gasteiger partial charge is 0.443 e. The van der Waals surface area contributed by atoms with Crippen LogP contribution in [0.25, 0.3) is 0 Å². The number of nitrogens with two attached hydrogens (primary N) is 2. The predicted octanol–water partition coefficient (Wildman–Crippen LogP) is -0.00120. The molecule has 10 atom stereocenters. The van der Waals surface area contributed by atoms with E-state index in [9.17, 15) is 28.8 Å². The van der Waals surface area contributed by atoms with Crippen LogP contribution in [-0.4, -0.2) is 70.9 Å². The number of allylic oxidation sites excluding steroid dienone is 2. The molecule has 2 saturated carbocycles. The average Bonchev–Trinajstić information content (AvgIpc) is 3.23. The lowest BCUT2D eigenvalue weighted by molar-refractivity contribution is -0.166. The molecule has 0 spiro atoms. The molecule has 2 bridgehead atoms. The van der Waals surface area contributed by atoms with Gasteiger partial charge in [-0.2, -0.15) is 0 Å². The maximum Gasteiger partial charge on any atom is 0.324 e. The van der Waals surface area contributed by atoms with Gasteiger partial charge in [-0.15, -0.1) is 0 Å². The van der Waals surface area contributed by atoms with Gasteiger partial charge in [-0.3, -0.25) is 28.8 Å². The van der Waals surface area contributed by atoms with E-state index < -0.39 is 96.6 Å². The topological polar surface area (TPSA) is 179 Å². The Morgan fingerprint density at radius 1 is 0.675 bits per heavy atom. The minimum atomic E-state index is -0.853. The number of hydrogen-bond acceptors (Lipinski definition) is 10. The molecule has 0 aromatic rings. The number of esters is 2. The van der Waals surface area contributed by atoms with Crippen LogP contribution in [0.5, 0.6) is 0 Å². The van der Waals surface area contributed by atoms with E-state index in [2.05, 4.69) is 0 Å². The van der Waals surface area contributed by atoms with E-state index in [4.69, 9.17) is 20.9 Å². The highest BCUT2D eigenvalue weighted by atomic mass is 16.6. The van der Waals surface area contributed by atoms with Crippen molar-refractivity contribution < 1.29 is 38.2 Å². The van der Waals surface area contributed by atoms with E-state index in [1.54, 1.807) is 0 Å². The second-order valence-electron chi connectivity index (χ2n) is 12.7. The first-order valence-corrected chi connectivity index (χ1v) is 14.1. The summed E-state index contributed by atoms with van der Waals surface area (Å²) in [5.74, 6) is -6.75. The standard InChI is InChI=1S/C28H38N4O8/c1-11(2)7-15(29)27(37)39-9-31-23(33)19-13-5-6-14(20(19)24(31)34)18-17(13)21-22(18)26(36)32(25(21)35)10-40-28(38)16(30)8-12(3)4/h5-6,11-22H,7-10,29-30H2,1-4H3/t13-,14-,15-,16-,17-,18-,19-,20+,21-,22-/m1/s1. The SMILES string of the molecule is CC(C)C[C@@H](N)C(=O)OCN1C(=O)[C@@H]2[C@@H]3C=C[C@@H]([C@@H]2C1=O)[C@H]1[C@H]2C(=O)N(COC(=O)[C@H](N)CC(C)C)C(=O)[C@@H]2[C@H]31. The lowest BCUT2D eigenvalue weighted by Gasteiger charge is -2.60. The first-order chi connectivity index (χ1) is 18.8. The fraction of sp³-hybridized carbons (Fsp3) is 0.714. The van der Waals surface area contributed by atoms with Gasteiger partial charge in [-0.25, -0.2) is 9.80 Å². The summed E-state index contributed by atoms with van der Waals surface area (Å²) < 4.78 is 10.5. The Morgan fingerprint density at radius 3 is 1.32 bits per heavy atom. The molecule has 0 unspecified atom stereocenters. The third kappa shape index (κ3) is 4.36. The zero-order chi connectivity index (χ0) is 29.2. The second-order valence-corrected chi connectivity index (χ2v) is 12.7. The number of imide groups is 2. The summed E-state index contributed by atoms with van der Waals surface area (Å²) >= 11 is 0. The van der Waals surface area contributed by atoms with Gasteiger partial charge in [0.2, 0.25) is 23.6 Å². The summed E-state index contributed by atoms with van der Waals surface area (Å²) in [6.45, 7) is 6.67. The fourth-order valence-electron chi connectivity index (χ4n) is 7.66. The lowest BCUT2D eigenvalue weighted by Crippen LogP contribution is -2.63.